The Kier molecular flexibility index (Phi) is 3.42. The minimum atomic E-state index is -0.601. The maximum atomic E-state index is 10.5. The average Bonchev–Trinajstić information content (AvgIpc) is 2.39. The van der Waals surface area contributed by atoms with Crippen molar-refractivity contribution in [2.45, 2.75) is 0 Å². The average molecular weight is 258 g/mol. The Morgan fingerprint density at radius 3 is 2.47 bits per heavy atom. The highest BCUT2D eigenvalue weighted by Gasteiger charge is 2.09. The van der Waals surface area contributed by atoms with Crippen LogP contribution >= 0.6 is 0 Å². The Labute approximate surface area is 108 Å². The fourth-order valence-corrected chi connectivity index (χ4v) is 1.47. The van der Waals surface area contributed by atoms with Gasteiger partial charge in [0.1, 0.15) is 17.2 Å². The van der Waals surface area contributed by atoms with E-state index < -0.39 is 4.92 Å². The minimum absolute atomic E-state index is 0.0626. The number of hydrogen-bond acceptors (Lipinski definition) is 5. The monoisotopic (exact) mass is 258 g/mol. The van der Waals surface area contributed by atoms with Crippen LogP contribution in [0.5, 0.6) is 11.5 Å². The fraction of sp³-hybridized carbons (Fsp3) is 0. The van der Waals surface area contributed by atoms with Gasteiger partial charge in [-0.2, -0.15) is 0 Å². The third-order valence-electron chi connectivity index (χ3n) is 2.45. The number of phenolic OH excluding ortho intramolecular Hbond substituents is 2. The minimum Gasteiger partial charge on any atom is -0.507 e. The topological polar surface area (TPSA) is 96.0 Å². The number of non-ortho nitro benzene ring substituents is 1. The fourth-order valence-electron chi connectivity index (χ4n) is 1.47. The van der Waals surface area contributed by atoms with Gasteiger partial charge in [-0.1, -0.05) is 12.1 Å². The summed E-state index contributed by atoms with van der Waals surface area (Å²) in [5.74, 6) is -0.228. The van der Waals surface area contributed by atoms with E-state index in [4.69, 9.17) is 0 Å². The van der Waals surface area contributed by atoms with Gasteiger partial charge in [0, 0.05) is 17.8 Å². The van der Waals surface area contributed by atoms with E-state index >= 15 is 0 Å². The number of nitrogens with zero attached hydrogens (tertiary/aromatic N) is 2. The summed E-state index contributed by atoms with van der Waals surface area (Å²) >= 11 is 0. The van der Waals surface area contributed by atoms with Gasteiger partial charge >= 0.3 is 0 Å². The normalized spacial score (nSPS) is 10.7. The molecular weight excluding hydrogens is 248 g/mol. The van der Waals surface area contributed by atoms with Gasteiger partial charge in [0.25, 0.3) is 5.69 Å². The molecule has 0 aliphatic carbocycles. The molecule has 6 heteroatoms. The van der Waals surface area contributed by atoms with Crippen LogP contribution in [0, 0.1) is 10.1 Å². The quantitative estimate of drug-likeness (QED) is 0.502. The largest absolute Gasteiger partial charge is 0.507 e. The van der Waals surface area contributed by atoms with Crippen LogP contribution in [0.2, 0.25) is 0 Å². The van der Waals surface area contributed by atoms with Gasteiger partial charge in [0.2, 0.25) is 0 Å². The Hall–Kier alpha value is -2.89. The van der Waals surface area contributed by atoms with Crippen LogP contribution in [-0.4, -0.2) is 21.4 Å². The molecule has 6 nitrogen and oxygen atoms in total. The number of phenols is 2. The standard InChI is InChI=1S/C13H10N2O4/c16-12-4-2-1-3-9(12)8-14-11-6-5-10(15(18)19)7-13(11)17/h1-8,16-17H. The summed E-state index contributed by atoms with van der Waals surface area (Å²) in [7, 11) is 0. The predicted octanol–water partition coefficient (Wildman–Crippen LogP) is 2.76. The van der Waals surface area contributed by atoms with Gasteiger partial charge in [-0.25, -0.2) is 0 Å². The molecule has 96 valence electrons. The molecule has 0 unspecified atom stereocenters. The number of nitro groups is 1. The Bertz CT molecular complexity index is 653. The zero-order valence-corrected chi connectivity index (χ0v) is 9.72. The third-order valence-corrected chi connectivity index (χ3v) is 2.45. The maximum Gasteiger partial charge on any atom is 0.273 e. The molecule has 0 saturated heterocycles. The highest BCUT2D eigenvalue weighted by molar-refractivity contribution is 5.85. The van der Waals surface area contributed by atoms with Crippen molar-refractivity contribution in [1.82, 2.24) is 0 Å². The first-order valence-corrected chi connectivity index (χ1v) is 5.37. The number of para-hydroxylation sites is 1. The van der Waals surface area contributed by atoms with Crippen LogP contribution < -0.4 is 0 Å². The lowest BCUT2D eigenvalue weighted by Crippen LogP contribution is -1.87. The summed E-state index contributed by atoms with van der Waals surface area (Å²) in [5, 5.41) is 29.6. The SMILES string of the molecule is O=[N+]([O-])c1ccc(N=Cc2ccccc2O)c(O)c1. The van der Waals surface area contributed by atoms with Crippen molar-refractivity contribution in [1.29, 1.82) is 0 Å². The van der Waals surface area contributed by atoms with E-state index in [1.165, 1.54) is 24.4 Å². The van der Waals surface area contributed by atoms with Crippen LogP contribution in [0.1, 0.15) is 5.56 Å². The van der Waals surface area contributed by atoms with Gasteiger partial charge in [0.05, 0.1) is 11.0 Å². The second-order valence-corrected chi connectivity index (χ2v) is 3.75. The summed E-state index contributed by atoms with van der Waals surface area (Å²) in [6, 6.07) is 10.2. The van der Waals surface area contributed by atoms with Crippen molar-refractivity contribution in [3.05, 3.63) is 58.1 Å². The highest BCUT2D eigenvalue weighted by Crippen LogP contribution is 2.30. The molecular formula is C13H10N2O4. The highest BCUT2D eigenvalue weighted by atomic mass is 16.6. The van der Waals surface area contributed by atoms with Crippen molar-refractivity contribution in [2.24, 2.45) is 4.99 Å². The summed E-state index contributed by atoms with van der Waals surface area (Å²) < 4.78 is 0. The van der Waals surface area contributed by atoms with Gasteiger partial charge < -0.3 is 10.2 Å². The lowest BCUT2D eigenvalue weighted by molar-refractivity contribution is -0.384. The smallest absolute Gasteiger partial charge is 0.273 e. The second kappa shape index (κ2) is 5.18. The molecule has 2 N–H and O–H groups in total. The van der Waals surface area contributed by atoms with Crippen molar-refractivity contribution < 1.29 is 15.1 Å². The number of aromatic hydroxyl groups is 2. The van der Waals surface area contributed by atoms with Gasteiger partial charge in [-0.3, -0.25) is 15.1 Å². The van der Waals surface area contributed by atoms with E-state index in [-0.39, 0.29) is 22.9 Å². The molecule has 0 aliphatic heterocycles. The van der Waals surface area contributed by atoms with Crippen molar-refractivity contribution in [3.63, 3.8) is 0 Å². The van der Waals surface area contributed by atoms with Gasteiger partial charge in [-0.15, -0.1) is 0 Å². The first-order valence-electron chi connectivity index (χ1n) is 5.37. The lowest BCUT2D eigenvalue weighted by Gasteiger charge is -1.99. The first kappa shape index (κ1) is 12.6. The number of nitro benzene ring substituents is 1. The van der Waals surface area contributed by atoms with Crippen LogP contribution in [0.15, 0.2) is 47.5 Å². The van der Waals surface area contributed by atoms with E-state index in [0.717, 1.165) is 6.07 Å². The lowest BCUT2D eigenvalue weighted by atomic mass is 10.2. The molecule has 0 saturated carbocycles. The molecule has 0 spiro atoms. The predicted molar refractivity (Wildman–Crippen MR) is 70.1 cm³/mol. The Balaban J connectivity index is 2.29. The van der Waals surface area contributed by atoms with Gasteiger partial charge in [0.15, 0.2) is 0 Å². The zero-order chi connectivity index (χ0) is 13.8. The number of hydrogen-bond donors (Lipinski definition) is 2. The molecule has 0 fully saturated rings. The van der Waals surface area contributed by atoms with Crippen LogP contribution in [0.3, 0.4) is 0 Å². The molecule has 2 aromatic rings. The van der Waals surface area contributed by atoms with Gasteiger partial charge in [-0.05, 0) is 18.2 Å². The molecule has 2 rings (SSSR count). The molecule has 2 aromatic carbocycles. The summed E-state index contributed by atoms with van der Waals surface area (Å²) in [6.45, 7) is 0. The number of benzene rings is 2. The molecule has 0 radical (unpaired) electrons. The van der Waals surface area contributed by atoms with E-state index in [1.54, 1.807) is 18.2 Å². The number of rotatable bonds is 3. The molecule has 0 aromatic heterocycles. The second-order valence-electron chi connectivity index (χ2n) is 3.75. The van der Waals surface area contributed by atoms with Crippen LogP contribution in [-0.2, 0) is 0 Å². The molecule has 0 aliphatic rings. The maximum absolute atomic E-state index is 10.5. The van der Waals surface area contributed by atoms with Crippen LogP contribution in [0.25, 0.3) is 0 Å². The van der Waals surface area contributed by atoms with E-state index in [0.29, 0.717) is 5.56 Å². The summed E-state index contributed by atoms with van der Waals surface area (Å²) in [6.07, 6.45) is 1.37. The number of aliphatic imine (C=N–C) groups is 1. The first-order chi connectivity index (χ1) is 9.08. The van der Waals surface area contributed by atoms with E-state index in [9.17, 15) is 20.3 Å². The molecule has 0 atom stereocenters. The summed E-state index contributed by atoms with van der Waals surface area (Å²) in [4.78, 5) is 13.9. The van der Waals surface area contributed by atoms with Crippen molar-refractivity contribution in [3.8, 4) is 11.5 Å². The van der Waals surface area contributed by atoms with E-state index in [1.807, 2.05) is 0 Å². The zero-order valence-electron chi connectivity index (χ0n) is 9.72. The van der Waals surface area contributed by atoms with Crippen molar-refractivity contribution in [2.75, 3.05) is 0 Å². The Morgan fingerprint density at radius 2 is 1.84 bits per heavy atom. The molecule has 0 heterocycles. The third kappa shape index (κ3) is 2.86. The molecule has 0 amide bonds. The van der Waals surface area contributed by atoms with E-state index in [2.05, 4.69) is 4.99 Å². The van der Waals surface area contributed by atoms with Crippen LogP contribution in [0.4, 0.5) is 11.4 Å². The molecule has 0 bridgehead atoms. The molecule has 19 heavy (non-hydrogen) atoms. The summed E-state index contributed by atoms with van der Waals surface area (Å²) in [5.41, 5.74) is 0.466. The van der Waals surface area contributed by atoms with Crippen molar-refractivity contribution >= 4 is 17.6 Å². The Morgan fingerprint density at radius 1 is 1.11 bits per heavy atom.